The fraction of sp³-hybridized carbons (Fsp3) is 0.556. The Morgan fingerprint density at radius 2 is 2.00 bits per heavy atom. The van der Waals surface area contributed by atoms with Crippen LogP contribution in [-0.2, 0) is 6.61 Å². The Bertz CT molecular complexity index is 681. The van der Waals surface area contributed by atoms with Gasteiger partial charge in [-0.15, -0.1) is 10.2 Å². The normalized spacial score (nSPS) is 17.0. The Morgan fingerprint density at radius 3 is 2.79 bits per heavy atom. The molecule has 0 atom stereocenters. The lowest BCUT2D eigenvalue weighted by molar-refractivity contribution is 0.0271. The first-order valence-electron chi connectivity index (χ1n) is 8.42. The molecule has 1 aliphatic rings. The molecule has 3 rings (SSSR count). The number of hydrogen-bond donors (Lipinski definition) is 1. The van der Waals surface area contributed by atoms with Gasteiger partial charge in [-0.2, -0.15) is 0 Å². The highest BCUT2D eigenvalue weighted by molar-refractivity contribution is 7.99. The van der Waals surface area contributed by atoms with Crippen molar-refractivity contribution in [2.24, 2.45) is 0 Å². The Morgan fingerprint density at radius 1 is 1.21 bits per heavy atom. The molecule has 1 heterocycles. The Balaban J connectivity index is 1.53. The summed E-state index contributed by atoms with van der Waals surface area (Å²) in [7, 11) is 0. The predicted octanol–water partition coefficient (Wildman–Crippen LogP) is 4.05. The maximum Gasteiger partial charge on any atom is 0.276 e. The highest BCUT2D eigenvalue weighted by Crippen LogP contribution is 2.33. The van der Waals surface area contributed by atoms with Crippen molar-refractivity contribution in [1.82, 2.24) is 10.2 Å². The number of aryl methyl sites for hydroxylation is 2. The number of aromatic nitrogens is 2. The quantitative estimate of drug-likeness (QED) is 0.794. The van der Waals surface area contributed by atoms with E-state index in [-0.39, 0.29) is 6.61 Å². The van der Waals surface area contributed by atoms with Crippen LogP contribution in [0.25, 0.3) is 0 Å². The zero-order valence-electron chi connectivity index (χ0n) is 14.2. The molecule has 1 aliphatic carbocycles. The largest absolute Gasteiger partial charge is 0.484 e. The second-order valence-electron chi connectivity index (χ2n) is 6.59. The molecule has 0 spiro atoms. The van der Waals surface area contributed by atoms with Crippen molar-refractivity contribution < 1.29 is 14.3 Å². The molecular weight excluding hydrogens is 324 g/mol. The number of hydrogen-bond acceptors (Lipinski definition) is 6. The molecule has 1 aromatic heterocycles. The number of ether oxygens (including phenoxy) is 1. The maximum absolute atomic E-state index is 10.5. The van der Waals surface area contributed by atoms with E-state index in [1.165, 1.54) is 18.2 Å². The van der Waals surface area contributed by atoms with Crippen molar-refractivity contribution in [2.45, 2.75) is 63.4 Å². The van der Waals surface area contributed by atoms with Crippen LogP contribution < -0.4 is 4.74 Å². The summed E-state index contributed by atoms with van der Waals surface area (Å²) in [5, 5.41) is 19.1. The van der Waals surface area contributed by atoms with Crippen LogP contribution in [0.5, 0.6) is 5.75 Å². The van der Waals surface area contributed by atoms with Crippen LogP contribution in [0.1, 0.15) is 49.1 Å². The molecule has 6 heteroatoms. The summed E-state index contributed by atoms with van der Waals surface area (Å²) in [5.74, 6) is 1.89. The Hall–Kier alpha value is -1.53. The Kier molecular flexibility index (Phi) is 5.46. The molecular formula is C18H24N2O3S. The summed E-state index contributed by atoms with van der Waals surface area (Å²) in [6, 6.07) is 6.09. The van der Waals surface area contributed by atoms with Gasteiger partial charge in [-0.1, -0.05) is 43.2 Å². The van der Waals surface area contributed by atoms with Gasteiger partial charge >= 0.3 is 0 Å². The highest BCUT2D eigenvalue weighted by atomic mass is 32.2. The number of aliphatic hydroxyl groups is 1. The van der Waals surface area contributed by atoms with E-state index < -0.39 is 5.60 Å². The summed E-state index contributed by atoms with van der Waals surface area (Å²) in [6.07, 6.45) is 5.12. The van der Waals surface area contributed by atoms with Gasteiger partial charge in [-0.3, -0.25) is 0 Å². The third-order valence-corrected chi connectivity index (χ3v) is 5.49. The third kappa shape index (κ3) is 4.51. The van der Waals surface area contributed by atoms with Crippen molar-refractivity contribution >= 4 is 11.8 Å². The van der Waals surface area contributed by atoms with Crippen LogP contribution in [0.4, 0.5) is 0 Å². The molecule has 0 unspecified atom stereocenters. The van der Waals surface area contributed by atoms with E-state index >= 15 is 0 Å². The molecule has 2 aromatic rings. The second kappa shape index (κ2) is 7.57. The summed E-state index contributed by atoms with van der Waals surface area (Å²) in [5.41, 5.74) is 1.64. The number of rotatable bonds is 6. The average Bonchev–Trinajstić information content (AvgIpc) is 3.03. The van der Waals surface area contributed by atoms with E-state index in [1.807, 2.05) is 26.0 Å². The van der Waals surface area contributed by atoms with Gasteiger partial charge in [-0.25, -0.2) is 0 Å². The second-order valence-corrected chi connectivity index (χ2v) is 7.52. The van der Waals surface area contributed by atoms with E-state index in [1.54, 1.807) is 0 Å². The van der Waals surface area contributed by atoms with Gasteiger partial charge in [-0.05, 0) is 43.9 Å². The first kappa shape index (κ1) is 17.3. The van der Waals surface area contributed by atoms with E-state index in [0.29, 0.717) is 16.9 Å². The van der Waals surface area contributed by atoms with Crippen LogP contribution in [-0.4, -0.2) is 26.7 Å². The lowest BCUT2D eigenvalue weighted by atomic mass is 9.86. The molecule has 1 fully saturated rings. The SMILES string of the molecule is Cc1ccc(C)c(OCc2nnc(SCC3(O)CCCCC3)o2)c1. The highest BCUT2D eigenvalue weighted by Gasteiger charge is 2.29. The standard InChI is InChI=1S/C18H24N2O3S/c1-13-6-7-14(2)15(10-13)22-11-16-19-20-17(23-16)24-12-18(21)8-4-3-5-9-18/h6-7,10,21H,3-5,8-9,11-12H2,1-2H3. The third-order valence-electron chi connectivity index (χ3n) is 4.39. The van der Waals surface area contributed by atoms with Gasteiger partial charge < -0.3 is 14.3 Å². The van der Waals surface area contributed by atoms with Crippen molar-refractivity contribution in [3.63, 3.8) is 0 Å². The molecule has 130 valence electrons. The van der Waals surface area contributed by atoms with Crippen LogP contribution in [0.3, 0.4) is 0 Å². The summed E-state index contributed by atoms with van der Waals surface area (Å²) < 4.78 is 11.4. The van der Waals surface area contributed by atoms with Crippen molar-refractivity contribution in [3.05, 3.63) is 35.2 Å². The van der Waals surface area contributed by atoms with Crippen LogP contribution in [0, 0.1) is 13.8 Å². The molecule has 5 nitrogen and oxygen atoms in total. The molecule has 0 bridgehead atoms. The minimum absolute atomic E-state index is 0.252. The zero-order chi connectivity index (χ0) is 17.0. The first-order valence-corrected chi connectivity index (χ1v) is 9.40. The topological polar surface area (TPSA) is 68.4 Å². The van der Waals surface area contributed by atoms with E-state index in [9.17, 15) is 5.11 Å². The average molecular weight is 348 g/mol. The number of nitrogens with zero attached hydrogens (tertiary/aromatic N) is 2. The molecule has 0 radical (unpaired) electrons. The molecule has 1 saturated carbocycles. The van der Waals surface area contributed by atoms with Crippen LogP contribution in [0.2, 0.25) is 0 Å². The van der Waals surface area contributed by atoms with Crippen LogP contribution >= 0.6 is 11.8 Å². The zero-order valence-corrected chi connectivity index (χ0v) is 15.1. The number of benzene rings is 1. The molecule has 1 N–H and O–H groups in total. The van der Waals surface area contributed by atoms with E-state index in [0.717, 1.165) is 42.6 Å². The number of thioether (sulfide) groups is 1. The molecule has 24 heavy (non-hydrogen) atoms. The molecule has 1 aromatic carbocycles. The minimum Gasteiger partial charge on any atom is -0.484 e. The lowest BCUT2D eigenvalue weighted by Crippen LogP contribution is -2.33. The predicted molar refractivity (Wildman–Crippen MR) is 93.3 cm³/mol. The van der Waals surface area contributed by atoms with Gasteiger partial charge in [0.2, 0.25) is 0 Å². The monoisotopic (exact) mass is 348 g/mol. The van der Waals surface area contributed by atoms with Gasteiger partial charge in [0.05, 0.1) is 5.60 Å². The fourth-order valence-electron chi connectivity index (χ4n) is 2.91. The summed E-state index contributed by atoms with van der Waals surface area (Å²) in [4.78, 5) is 0. The Labute approximate surface area is 146 Å². The van der Waals surface area contributed by atoms with Crippen LogP contribution in [0.15, 0.2) is 27.8 Å². The molecule has 0 saturated heterocycles. The van der Waals surface area contributed by atoms with Gasteiger partial charge in [0.15, 0.2) is 6.61 Å². The van der Waals surface area contributed by atoms with Crippen molar-refractivity contribution in [2.75, 3.05) is 5.75 Å². The summed E-state index contributed by atoms with van der Waals surface area (Å²) >= 11 is 1.43. The van der Waals surface area contributed by atoms with Crippen molar-refractivity contribution in [1.29, 1.82) is 0 Å². The minimum atomic E-state index is -0.591. The van der Waals surface area contributed by atoms with Gasteiger partial charge in [0.1, 0.15) is 5.75 Å². The van der Waals surface area contributed by atoms with Gasteiger partial charge in [0, 0.05) is 5.75 Å². The maximum atomic E-state index is 10.5. The van der Waals surface area contributed by atoms with Crippen molar-refractivity contribution in [3.8, 4) is 5.75 Å². The smallest absolute Gasteiger partial charge is 0.276 e. The van der Waals surface area contributed by atoms with E-state index in [2.05, 4.69) is 16.3 Å². The lowest BCUT2D eigenvalue weighted by Gasteiger charge is -2.31. The van der Waals surface area contributed by atoms with E-state index in [4.69, 9.17) is 9.15 Å². The summed E-state index contributed by atoms with van der Waals surface area (Å²) in [6.45, 7) is 4.29. The fourth-order valence-corrected chi connectivity index (χ4v) is 3.84. The molecule has 0 aliphatic heterocycles. The molecule has 0 amide bonds. The first-order chi connectivity index (χ1) is 11.5. The van der Waals surface area contributed by atoms with Gasteiger partial charge in [0.25, 0.3) is 11.1 Å².